The molecule has 0 fully saturated rings. The highest BCUT2D eigenvalue weighted by Crippen LogP contribution is 2.19. The maximum Gasteiger partial charge on any atom is 0.181 e. The smallest absolute Gasteiger partial charge is 0.181 e. The van der Waals surface area contributed by atoms with Crippen molar-refractivity contribution in [3.63, 3.8) is 0 Å². The predicted molar refractivity (Wildman–Crippen MR) is 139 cm³/mol. The van der Waals surface area contributed by atoms with Crippen LogP contribution in [-0.4, -0.2) is 46.2 Å². The Balaban J connectivity index is 0.000000186. The van der Waals surface area contributed by atoms with Crippen molar-refractivity contribution in [2.45, 2.75) is 0 Å². The van der Waals surface area contributed by atoms with Crippen LogP contribution in [0.1, 0.15) is 0 Å². The van der Waals surface area contributed by atoms with Crippen molar-refractivity contribution in [1.82, 2.24) is 29.5 Å². The van der Waals surface area contributed by atoms with Crippen LogP contribution in [0.25, 0.3) is 35.2 Å². The summed E-state index contributed by atoms with van der Waals surface area (Å²) in [6.07, 6.45) is 10.3. The lowest BCUT2D eigenvalue weighted by molar-refractivity contribution is 0.691. The Labute approximate surface area is 208 Å². The second-order valence-corrected chi connectivity index (χ2v) is 9.31. The molecule has 11 heteroatoms. The van der Waals surface area contributed by atoms with E-state index in [4.69, 9.17) is 23.2 Å². The monoisotopic (exact) mass is 518 g/mol. The fourth-order valence-corrected chi connectivity index (χ4v) is 3.41. The highest BCUT2D eigenvalue weighted by atomic mass is 35.5. The lowest BCUT2D eigenvalue weighted by Crippen LogP contribution is -1.88. The third-order valence-corrected chi connectivity index (χ3v) is 5.31. The van der Waals surface area contributed by atoms with Crippen molar-refractivity contribution in [2.24, 2.45) is 0 Å². The molecule has 0 spiro atoms. The van der Waals surface area contributed by atoms with E-state index in [1.54, 1.807) is 53.7 Å². The minimum atomic E-state index is -0.995. The van der Waals surface area contributed by atoms with Gasteiger partial charge in [-0.1, -0.05) is 47.5 Å². The number of rotatable bonds is 6. The summed E-state index contributed by atoms with van der Waals surface area (Å²) in [5.41, 5.74) is 1.77. The number of thioether (sulfide) groups is 1. The summed E-state index contributed by atoms with van der Waals surface area (Å²) in [5.74, 6) is 1.26. The zero-order chi connectivity index (χ0) is 23.6. The summed E-state index contributed by atoms with van der Waals surface area (Å²) >= 11 is 13.4. The Hall–Kier alpha value is -2.72. The van der Waals surface area contributed by atoms with E-state index in [0.29, 0.717) is 21.7 Å². The highest BCUT2D eigenvalue weighted by molar-refractivity contribution is 8.01. The van der Waals surface area contributed by atoms with Gasteiger partial charge in [-0.15, -0.1) is 22.0 Å². The van der Waals surface area contributed by atoms with Gasteiger partial charge in [0.15, 0.2) is 11.6 Å². The molecular weight excluding hydrogens is 499 g/mol. The van der Waals surface area contributed by atoms with Gasteiger partial charge in [0.2, 0.25) is 0 Å². The van der Waals surface area contributed by atoms with Gasteiger partial charge in [-0.25, -0.2) is 19.3 Å². The molecule has 0 aliphatic carbocycles. The summed E-state index contributed by atoms with van der Waals surface area (Å²) < 4.78 is 14.1. The van der Waals surface area contributed by atoms with Gasteiger partial charge < -0.3 is 0 Å². The molecule has 4 aromatic rings. The molecule has 1 atom stereocenters. The topological polar surface area (TPSA) is 78.5 Å². The second-order valence-electron chi connectivity index (χ2n) is 6.42. The Kier molecular flexibility index (Phi) is 9.44. The van der Waals surface area contributed by atoms with Crippen molar-refractivity contribution in [3.05, 3.63) is 82.0 Å². The van der Waals surface area contributed by atoms with Crippen LogP contribution in [0.4, 0.5) is 0 Å². The second kappa shape index (κ2) is 12.5. The van der Waals surface area contributed by atoms with Gasteiger partial charge in [-0.05, 0) is 35.9 Å². The first-order chi connectivity index (χ1) is 15.9. The Morgan fingerprint density at radius 2 is 1.39 bits per heavy atom. The van der Waals surface area contributed by atoms with E-state index in [9.17, 15) is 4.21 Å². The summed E-state index contributed by atoms with van der Waals surface area (Å²) in [6, 6.07) is 14.8. The molecule has 33 heavy (non-hydrogen) atoms. The van der Waals surface area contributed by atoms with E-state index < -0.39 is 10.8 Å². The number of nitrogens with zero attached hydrogens (tertiary/aromatic N) is 6. The quantitative estimate of drug-likeness (QED) is 0.321. The molecule has 0 bridgehead atoms. The fourth-order valence-electron chi connectivity index (χ4n) is 2.48. The summed E-state index contributed by atoms with van der Waals surface area (Å²) in [6.45, 7) is 0. The molecule has 2 heterocycles. The van der Waals surface area contributed by atoms with E-state index in [0.717, 1.165) is 11.1 Å². The lowest BCUT2D eigenvalue weighted by Gasteiger charge is -1.95. The van der Waals surface area contributed by atoms with Gasteiger partial charge in [-0.2, -0.15) is 0 Å². The molecule has 0 aliphatic rings. The largest absolute Gasteiger partial charge is 0.255 e. The van der Waals surface area contributed by atoms with Crippen LogP contribution >= 0.6 is 35.0 Å². The number of benzene rings is 2. The normalized spacial score (nSPS) is 12.1. The van der Waals surface area contributed by atoms with Crippen LogP contribution in [0.5, 0.6) is 0 Å². The third kappa shape index (κ3) is 7.97. The Bertz CT molecular complexity index is 1290. The molecule has 170 valence electrons. The third-order valence-electron chi connectivity index (χ3n) is 3.94. The number of halogens is 2. The maximum atomic E-state index is 10.9. The summed E-state index contributed by atoms with van der Waals surface area (Å²) in [4.78, 5) is 8.36. The minimum Gasteiger partial charge on any atom is -0.255 e. The van der Waals surface area contributed by atoms with E-state index in [2.05, 4.69) is 20.2 Å². The van der Waals surface area contributed by atoms with Crippen LogP contribution in [0, 0.1) is 0 Å². The molecule has 0 amide bonds. The molecule has 0 radical (unpaired) electrons. The van der Waals surface area contributed by atoms with Gasteiger partial charge in [0.05, 0.1) is 0 Å². The molecule has 0 saturated carbocycles. The Morgan fingerprint density at radius 1 is 0.879 bits per heavy atom. The zero-order valence-electron chi connectivity index (χ0n) is 17.7. The minimum absolute atomic E-state index is 0.582. The van der Waals surface area contributed by atoms with Gasteiger partial charge in [0, 0.05) is 56.0 Å². The highest BCUT2D eigenvalue weighted by Gasteiger charge is 2.04. The van der Waals surface area contributed by atoms with Gasteiger partial charge >= 0.3 is 0 Å². The van der Waals surface area contributed by atoms with Crippen LogP contribution in [0.15, 0.2) is 72.0 Å². The van der Waals surface area contributed by atoms with E-state index >= 15 is 0 Å². The number of hydrogen-bond donors (Lipinski definition) is 0. The maximum absolute atomic E-state index is 10.9. The predicted octanol–water partition coefficient (Wildman–Crippen LogP) is 5.79. The first-order valence-electron chi connectivity index (χ1n) is 9.49. The number of hydrogen-bond acceptors (Lipinski definition) is 6. The van der Waals surface area contributed by atoms with E-state index in [1.165, 1.54) is 10.1 Å². The molecule has 0 aliphatic heterocycles. The Morgan fingerprint density at radius 3 is 1.85 bits per heavy atom. The van der Waals surface area contributed by atoms with Gasteiger partial charge in [-0.3, -0.25) is 4.21 Å². The standard InChI is InChI=1S/C11H10ClN3OS.C11H10ClN3S/c1-17(16)6-5-15-8-13-11(14-15)9-3-2-4-10(12)7-9;1-16-6-5-15-8-13-11(14-15)9-3-2-4-10(12)7-9/h2-8H,1H3;2-8H,1H3/b2*6-5-. The first kappa shape index (κ1) is 24.9. The van der Waals surface area contributed by atoms with E-state index in [1.807, 2.05) is 54.3 Å². The van der Waals surface area contributed by atoms with Crippen LogP contribution in [-0.2, 0) is 10.8 Å². The number of aromatic nitrogens is 6. The average molecular weight is 519 g/mol. The van der Waals surface area contributed by atoms with Crippen molar-refractivity contribution in [2.75, 3.05) is 12.5 Å². The molecule has 0 saturated heterocycles. The van der Waals surface area contributed by atoms with E-state index in [-0.39, 0.29) is 0 Å². The fraction of sp³-hybridized carbons (Fsp3) is 0.0909. The molecular formula is C22H20Cl2N6OS2. The molecule has 1 unspecified atom stereocenters. The van der Waals surface area contributed by atoms with Crippen LogP contribution in [0.3, 0.4) is 0 Å². The lowest BCUT2D eigenvalue weighted by atomic mass is 10.2. The average Bonchev–Trinajstić information content (AvgIpc) is 3.47. The van der Waals surface area contributed by atoms with Crippen LogP contribution < -0.4 is 0 Å². The summed E-state index contributed by atoms with van der Waals surface area (Å²) in [5, 5.41) is 13.3. The molecule has 7 nitrogen and oxygen atoms in total. The molecule has 4 rings (SSSR count). The van der Waals surface area contributed by atoms with Crippen molar-refractivity contribution >= 4 is 58.2 Å². The van der Waals surface area contributed by atoms with Crippen molar-refractivity contribution < 1.29 is 4.21 Å². The van der Waals surface area contributed by atoms with Gasteiger partial charge in [0.1, 0.15) is 12.7 Å². The van der Waals surface area contributed by atoms with Crippen LogP contribution in [0.2, 0.25) is 10.0 Å². The molecule has 2 aromatic carbocycles. The first-order valence-corrected chi connectivity index (χ1v) is 13.2. The molecule has 0 N–H and O–H groups in total. The summed E-state index contributed by atoms with van der Waals surface area (Å²) in [7, 11) is -0.995. The van der Waals surface area contributed by atoms with Crippen molar-refractivity contribution in [3.8, 4) is 22.8 Å². The zero-order valence-corrected chi connectivity index (χ0v) is 20.9. The van der Waals surface area contributed by atoms with Crippen molar-refractivity contribution in [1.29, 1.82) is 0 Å². The van der Waals surface area contributed by atoms with Gasteiger partial charge in [0.25, 0.3) is 0 Å². The molecule has 2 aromatic heterocycles. The SMILES string of the molecule is CS(=O)/C=C\n1cnc(-c2cccc(Cl)c2)n1.CS/C=C\n1cnc(-c2cccc(Cl)c2)n1.